The van der Waals surface area contributed by atoms with Crippen molar-refractivity contribution >= 4 is 0 Å². The quantitative estimate of drug-likeness (QED) is 0.767. The molecule has 0 unspecified atom stereocenters. The fraction of sp³-hybridized carbons (Fsp3) is 0.571. The second-order valence-corrected chi connectivity index (χ2v) is 4.55. The molecule has 0 aliphatic carbocycles. The Hall–Kier alpha value is -0.860. The van der Waals surface area contributed by atoms with Crippen LogP contribution in [0.5, 0.6) is 0 Å². The molecule has 0 aromatic heterocycles. The number of nitrogens with zero attached hydrogens (tertiary/aromatic N) is 2. The summed E-state index contributed by atoms with van der Waals surface area (Å²) in [6.45, 7) is 9.50. The smallest absolute Gasteiger partial charge is 0.0234 e. The third kappa shape index (κ3) is 3.32. The van der Waals surface area contributed by atoms with E-state index in [1.165, 1.54) is 44.7 Å². The van der Waals surface area contributed by atoms with E-state index < -0.39 is 0 Å². The zero-order valence-corrected chi connectivity index (χ0v) is 10.2. The van der Waals surface area contributed by atoms with Crippen LogP contribution in [0, 0.1) is 0 Å². The largest absolute Gasteiger partial charge is 0.302 e. The second-order valence-electron chi connectivity index (χ2n) is 4.55. The lowest BCUT2D eigenvalue weighted by atomic mass is 10.2. The van der Waals surface area contributed by atoms with Crippen molar-refractivity contribution in [3.8, 4) is 0 Å². The Labute approximate surface area is 98.9 Å². The average Bonchev–Trinajstić information content (AvgIpc) is 2.56. The van der Waals surface area contributed by atoms with E-state index >= 15 is 0 Å². The molecule has 16 heavy (non-hydrogen) atoms. The van der Waals surface area contributed by atoms with Gasteiger partial charge in [-0.15, -0.1) is 0 Å². The Morgan fingerprint density at radius 2 is 1.62 bits per heavy atom. The first-order valence-corrected chi connectivity index (χ1v) is 6.37. The van der Waals surface area contributed by atoms with E-state index in [2.05, 4.69) is 47.1 Å². The van der Waals surface area contributed by atoms with Gasteiger partial charge >= 0.3 is 0 Å². The van der Waals surface area contributed by atoms with Gasteiger partial charge < -0.3 is 4.90 Å². The lowest BCUT2D eigenvalue weighted by Gasteiger charge is -2.20. The van der Waals surface area contributed by atoms with Gasteiger partial charge in [-0.1, -0.05) is 37.3 Å². The van der Waals surface area contributed by atoms with Crippen molar-refractivity contribution in [3.05, 3.63) is 35.9 Å². The van der Waals surface area contributed by atoms with Gasteiger partial charge in [0.1, 0.15) is 0 Å². The SMILES string of the molecule is CCN1CCCN(Cc2ccccc2)CC1. The van der Waals surface area contributed by atoms with Crippen molar-refractivity contribution in [1.29, 1.82) is 0 Å². The Balaban J connectivity index is 1.86. The highest BCUT2D eigenvalue weighted by Crippen LogP contribution is 2.08. The Morgan fingerprint density at radius 1 is 0.938 bits per heavy atom. The maximum absolute atomic E-state index is 2.57. The van der Waals surface area contributed by atoms with Gasteiger partial charge in [0.25, 0.3) is 0 Å². The van der Waals surface area contributed by atoms with Crippen molar-refractivity contribution in [1.82, 2.24) is 9.80 Å². The molecule has 1 fully saturated rings. The van der Waals surface area contributed by atoms with Crippen LogP contribution in [-0.4, -0.2) is 42.5 Å². The first-order valence-electron chi connectivity index (χ1n) is 6.37. The molecule has 1 aromatic carbocycles. The van der Waals surface area contributed by atoms with Gasteiger partial charge in [-0.05, 0) is 31.6 Å². The van der Waals surface area contributed by atoms with Crippen LogP contribution in [0.4, 0.5) is 0 Å². The maximum atomic E-state index is 2.57. The highest BCUT2D eigenvalue weighted by atomic mass is 15.2. The first-order chi connectivity index (χ1) is 7.88. The van der Waals surface area contributed by atoms with Gasteiger partial charge in [0, 0.05) is 19.6 Å². The fourth-order valence-corrected chi connectivity index (χ4v) is 2.34. The predicted molar refractivity (Wildman–Crippen MR) is 68.5 cm³/mol. The standard InChI is InChI=1S/C14H22N2/c1-2-15-9-6-10-16(12-11-15)13-14-7-4-3-5-8-14/h3-5,7-8H,2,6,9-13H2,1H3. The Morgan fingerprint density at radius 3 is 2.38 bits per heavy atom. The van der Waals surface area contributed by atoms with Crippen LogP contribution in [0.25, 0.3) is 0 Å². The summed E-state index contributed by atoms with van der Waals surface area (Å²) in [5.74, 6) is 0. The summed E-state index contributed by atoms with van der Waals surface area (Å²) in [7, 11) is 0. The number of hydrogen-bond acceptors (Lipinski definition) is 2. The summed E-state index contributed by atoms with van der Waals surface area (Å²) < 4.78 is 0. The van der Waals surface area contributed by atoms with E-state index in [0.717, 1.165) is 6.54 Å². The summed E-state index contributed by atoms with van der Waals surface area (Å²) in [5, 5.41) is 0. The van der Waals surface area contributed by atoms with Crippen molar-refractivity contribution in [2.75, 3.05) is 32.7 Å². The molecule has 0 atom stereocenters. The summed E-state index contributed by atoms with van der Waals surface area (Å²) in [5.41, 5.74) is 1.44. The van der Waals surface area contributed by atoms with Crippen LogP contribution >= 0.6 is 0 Å². The summed E-state index contributed by atoms with van der Waals surface area (Å²) in [6, 6.07) is 10.8. The number of likely N-dealkylation sites (N-methyl/N-ethyl adjacent to an activating group) is 1. The molecular formula is C14H22N2. The minimum atomic E-state index is 1.11. The first kappa shape index (κ1) is 11.6. The number of hydrogen-bond donors (Lipinski definition) is 0. The number of rotatable bonds is 3. The highest BCUT2D eigenvalue weighted by molar-refractivity contribution is 5.14. The van der Waals surface area contributed by atoms with Gasteiger partial charge in [-0.2, -0.15) is 0 Å². The summed E-state index contributed by atoms with van der Waals surface area (Å²) >= 11 is 0. The lowest BCUT2D eigenvalue weighted by molar-refractivity contribution is 0.257. The van der Waals surface area contributed by atoms with Crippen LogP contribution in [0.15, 0.2) is 30.3 Å². The molecule has 0 N–H and O–H groups in total. The van der Waals surface area contributed by atoms with E-state index in [1.807, 2.05) is 0 Å². The van der Waals surface area contributed by atoms with Gasteiger partial charge in [0.15, 0.2) is 0 Å². The molecule has 0 radical (unpaired) electrons. The van der Waals surface area contributed by atoms with Gasteiger partial charge in [0.2, 0.25) is 0 Å². The van der Waals surface area contributed by atoms with Gasteiger partial charge in [0.05, 0.1) is 0 Å². The zero-order valence-electron chi connectivity index (χ0n) is 10.2. The molecule has 1 aliphatic rings. The van der Waals surface area contributed by atoms with Crippen LogP contribution in [-0.2, 0) is 6.54 Å². The van der Waals surface area contributed by atoms with Gasteiger partial charge in [-0.25, -0.2) is 0 Å². The zero-order chi connectivity index (χ0) is 11.2. The molecule has 2 rings (SSSR count). The predicted octanol–water partition coefficient (Wildman–Crippen LogP) is 2.21. The third-order valence-electron chi connectivity index (χ3n) is 3.38. The third-order valence-corrected chi connectivity index (χ3v) is 3.38. The van der Waals surface area contributed by atoms with Crippen molar-refractivity contribution in [2.45, 2.75) is 19.9 Å². The molecule has 0 spiro atoms. The fourth-order valence-electron chi connectivity index (χ4n) is 2.34. The van der Waals surface area contributed by atoms with Crippen molar-refractivity contribution in [3.63, 3.8) is 0 Å². The molecule has 0 saturated carbocycles. The van der Waals surface area contributed by atoms with E-state index in [9.17, 15) is 0 Å². The normalized spacial score (nSPS) is 19.6. The lowest BCUT2D eigenvalue weighted by Crippen LogP contribution is -2.30. The van der Waals surface area contributed by atoms with Crippen LogP contribution in [0.3, 0.4) is 0 Å². The van der Waals surface area contributed by atoms with E-state index in [1.54, 1.807) is 0 Å². The molecule has 2 heteroatoms. The minimum absolute atomic E-state index is 1.11. The average molecular weight is 218 g/mol. The monoisotopic (exact) mass is 218 g/mol. The van der Waals surface area contributed by atoms with Crippen LogP contribution < -0.4 is 0 Å². The van der Waals surface area contributed by atoms with Crippen molar-refractivity contribution < 1.29 is 0 Å². The highest BCUT2D eigenvalue weighted by Gasteiger charge is 2.13. The molecule has 1 aliphatic heterocycles. The van der Waals surface area contributed by atoms with Gasteiger partial charge in [-0.3, -0.25) is 4.90 Å². The summed E-state index contributed by atoms with van der Waals surface area (Å²) in [4.78, 5) is 5.12. The molecule has 1 aromatic rings. The second kappa shape index (κ2) is 6.02. The van der Waals surface area contributed by atoms with Crippen LogP contribution in [0.2, 0.25) is 0 Å². The molecule has 2 nitrogen and oxygen atoms in total. The molecule has 1 heterocycles. The summed E-state index contributed by atoms with van der Waals surface area (Å²) in [6.07, 6.45) is 1.31. The minimum Gasteiger partial charge on any atom is -0.302 e. The molecular weight excluding hydrogens is 196 g/mol. The van der Waals surface area contributed by atoms with Crippen LogP contribution in [0.1, 0.15) is 18.9 Å². The molecule has 0 amide bonds. The van der Waals surface area contributed by atoms with E-state index in [4.69, 9.17) is 0 Å². The molecule has 0 bridgehead atoms. The maximum Gasteiger partial charge on any atom is 0.0234 e. The van der Waals surface area contributed by atoms with E-state index in [-0.39, 0.29) is 0 Å². The molecule has 88 valence electrons. The van der Waals surface area contributed by atoms with E-state index in [0.29, 0.717) is 0 Å². The molecule has 1 saturated heterocycles. The number of benzene rings is 1. The topological polar surface area (TPSA) is 6.48 Å². The Kier molecular flexibility index (Phi) is 4.37. The van der Waals surface area contributed by atoms with Crippen molar-refractivity contribution in [2.24, 2.45) is 0 Å². The Bertz CT molecular complexity index is 297.